The number of carboxylic acids is 1. The summed E-state index contributed by atoms with van der Waals surface area (Å²) in [5.41, 5.74) is 4.32. The highest BCUT2D eigenvalue weighted by Crippen LogP contribution is 2.38. The molecule has 1 heterocycles. The Bertz CT molecular complexity index is 1250. The van der Waals surface area contributed by atoms with Gasteiger partial charge in [0.25, 0.3) is 5.91 Å². The average Bonchev–Trinajstić information content (AvgIpc) is 3.10. The molecule has 7 heteroatoms. The summed E-state index contributed by atoms with van der Waals surface area (Å²) in [6.45, 7) is 3.54. The van der Waals surface area contributed by atoms with E-state index < -0.39 is 12.6 Å². The van der Waals surface area contributed by atoms with Crippen molar-refractivity contribution in [3.05, 3.63) is 94.4 Å². The van der Waals surface area contributed by atoms with E-state index in [-0.39, 0.29) is 5.91 Å². The van der Waals surface area contributed by atoms with Crippen molar-refractivity contribution in [2.75, 3.05) is 11.5 Å². The molecular formula is C26H22N2O4S. The number of carbonyl (C=O) groups is 2. The minimum atomic E-state index is -1.07. The molecule has 0 atom stereocenters. The van der Waals surface area contributed by atoms with E-state index in [1.54, 1.807) is 29.2 Å². The predicted molar refractivity (Wildman–Crippen MR) is 132 cm³/mol. The molecule has 0 spiro atoms. The molecule has 1 aliphatic heterocycles. The molecule has 6 nitrogen and oxygen atoms in total. The maximum absolute atomic E-state index is 13.4. The first-order valence-corrected chi connectivity index (χ1v) is 11.1. The van der Waals surface area contributed by atoms with Crippen LogP contribution >= 0.6 is 11.8 Å². The van der Waals surface area contributed by atoms with Crippen molar-refractivity contribution in [2.45, 2.75) is 13.8 Å². The Morgan fingerprint density at radius 2 is 1.64 bits per heavy atom. The molecule has 3 aromatic carbocycles. The van der Waals surface area contributed by atoms with E-state index in [4.69, 9.17) is 14.8 Å². The number of amidine groups is 1. The molecule has 1 saturated heterocycles. The molecule has 0 bridgehead atoms. The van der Waals surface area contributed by atoms with Crippen molar-refractivity contribution in [3.8, 4) is 5.75 Å². The van der Waals surface area contributed by atoms with Gasteiger partial charge in [0.2, 0.25) is 0 Å². The van der Waals surface area contributed by atoms with Gasteiger partial charge in [0, 0.05) is 5.56 Å². The van der Waals surface area contributed by atoms with E-state index >= 15 is 0 Å². The Hall–Kier alpha value is -3.84. The van der Waals surface area contributed by atoms with Crippen LogP contribution in [0.2, 0.25) is 0 Å². The van der Waals surface area contributed by atoms with Gasteiger partial charge in [-0.1, -0.05) is 53.6 Å². The van der Waals surface area contributed by atoms with Crippen molar-refractivity contribution in [3.63, 3.8) is 0 Å². The standard InChI is InChI=1S/C26H22N2O4S/c1-17-7-11-20(12-8-17)27-26-28(21-13-9-18(2)10-14-21)25(31)23(33-26)15-19-5-3-4-6-22(19)32-16-24(29)30/h3-15H,16H2,1-2H3,(H,29,30). The van der Waals surface area contributed by atoms with E-state index in [0.717, 1.165) is 22.5 Å². The molecule has 0 saturated carbocycles. The van der Waals surface area contributed by atoms with Crippen LogP contribution in [0.25, 0.3) is 6.08 Å². The Labute approximate surface area is 196 Å². The average molecular weight is 459 g/mol. The van der Waals surface area contributed by atoms with Gasteiger partial charge >= 0.3 is 5.97 Å². The molecule has 1 aliphatic rings. The molecule has 0 aliphatic carbocycles. The van der Waals surface area contributed by atoms with Crippen molar-refractivity contribution in [2.24, 2.45) is 4.99 Å². The van der Waals surface area contributed by atoms with Crippen molar-refractivity contribution < 1.29 is 19.4 Å². The second kappa shape index (κ2) is 9.75. The molecule has 0 aromatic heterocycles. The summed E-state index contributed by atoms with van der Waals surface area (Å²) in [7, 11) is 0. The molecule has 33 heavy (non-hydrogen) atoms. The molecular weight excluding hydrogens is 436 g/mol. The Morgan fingerprint density at radius 3 is 2.30 bits per heavy atom. The van der Waals surface area contributed by atoms with Crippen LogP contribution < -0.4 is 9.64 Å². The number of para-hydroxylation sites is 1. The Kier molecular flexibility index (Phi) is 6.60. The summed E-state index contributed by atoms with van der Waals surface area (Å²) in [4.78, 5) is 31.2. The number of hydrogen-bond acceptors (Lipinski definition) is 5. The number of benzene rings is 3. The molecule has 3 aromatic rings. The van der Waals surface area contributed by atoms with Gasteiger partial charge in [0.15, 0.2) is 11.8 Å². The zero-order valence-electron chi connectivity index (χ0n) is 18.2. The number of anilines is 1. The summed E-state index contributed by atoms with van der Waals surface area (Å²) in [6.07, 6.45) is 1.71. The first-order valence-electron chi connectivity index (χ1n) is 10.3. The van der Waals surface area contributed by atoms with Gasteiger partial charge in [0.05, 0.1) is 16.3 Å². The normalized spacial score (nSPS) is 15.9. The number of carboxylic acid groups (broad SMARTS) is 1. The number of aliphatic imine (C=N–C) groups is 1. The third kappa shape index (κ3) is 5.32. The number of nitrogens with zero attached hydrogens (tertiary/aromatic N) is 2. The van der Waals surface area contributed by atoms with Gasteiger partial charge in [0.1, 0.15) is 5.75 Å². The number of carbonyl (C=O) groups excluding carboxylic acids is 1. The molecule has 166 valence electrons. The van der Waals surface area contributed by atoms with E-state index in [1.807, 2.05) is 68.4 Å². The summed E-state index contributed by atoms with van der Waals surface area (Å²) in [5.74, 6) is -0.879. The lowest BCUT2D eigenvalue weighted by atomic mass is 10.1. The maximum Gasteiger partial charge on any atom is 0.341 e. The van der Waals surface area contributed by atoms with Crippen LogP contribution in [0.15, 0.2) is 82.7 Å². The third-order valence-corrected chi connectivity index (χ3v) is 5.88. The molecule has 0 unspecified atom stereocenters. The summed E-state index contributed by atoms with van der Waals surface area (Å²) < 4.78 is 5.39. The van der Waals surface area contributed by atoms with Gasteiger partial charge in [-0.15, -0.1) is 0 Å². The Balaban J connectivity index is 1.74. The monoisotopic (exact) mass is 458 g/mol. The third-order valence-electron chi connectivity index (χ3n) is 4.91. The van der Waals surface area contributed by atoms with Gasteiger partial charge in [-0.05, 0) is 62.0 Å². The Morgan fingerprint density at radius 1 is 1.00 bits per heavy atom. The zero-order chi connectivity index (χ0) is 23.4. The van der Waals surface area contributed by atoms with Crippen LogP contribution in [-0.4, -0.2) is 28.8 Å². The number of thioether (sulfide) groups is 1. The van der Waals surface area contributed by atoms with Gasteiger partial charge in [-0.3, -0.25) is 9.69 Å². The lowest BCUT2D eigenvalue weighted by Gasteiger charge is -2.16. The maximum atomic E-state index is 13.4. The van der Waals surface area contributed by atoms with Crippen molar-refractivity contribution >= 4 is 46.3 Å². The summed E-state index contributed by atoms with van der Waals surface area (Å²) >= 11 is 1.27. The van der Waals surface area contributed by atoms with Crippen LogP contribution in [0.4, 0.5) is 11.4 Å². The lowest BCUT2D eigenvalue weighted by molar-refractivity contribution is -0.139. The molecule has 1 fully saturated rings. The first kappa shape index (κ1) is 22.4. The van der Waals surface area contributed by atoms with Crippen LogP contribution in [0.5, 0.6) is 5.75 Å². The molecule has 1 N–H and O–H groups in total. The summed E-state index contributed by atoms with van der Waals surface area (Å²) in [6, 6.07) is 22.5. The largest absolute Gasteiger partial charge is 0.481 e. The van der Waals surface area contributed by atoms with Gasteiger partial charge in [-0.2, -0.15) is 0 Å². The smallest absolute Gasteiger partial charge is 0.341 e. The quantitative estimate of drug-likeness (QED) is 0.488. The number of aryl methyl sites for hydroxylation is 2. The number of amides is 1. The van der Waals surface area contributed by atoms with Crippen molar-refractivity contribution in [1.29, 1.82) is 0 Å². The van der Waals surface area contributed by atoms with Crippen LogP contribution in [0.1, 0.15) is 16.7 Å². The lowest BCUT2D eigenvalue weighted by Crippen LogP contribution is -2.28. The second-order valence-corrected chi connectivity index (χ2v) is 8.55. The minimum absolute atomic E-state index is 0.206. The fourth-order valence-electron chi connectivity index (χ4n) is 3.21. The van der Waals surface area contributed by atoms with E-state index in [1.165, 1.54) is 11.8 Å². The topological polar surface area (TPSA) is 79.2 Å². The highest BCUT2D eigenvalue weighted by Gasteiger charge is 2.35. The molecule has 0 radical (unpaired) electrons. The second-order valence-electron chi connectivity index (χ2n) is 7.54. The zero-order valence-corrected chi connectivity index (χ0v) is 19.0. The molecule has 1 amide bonds. The van der Waals surface area contributed by atoms with Gasteiger partial charge < -0.3 is 9.84 Å². The summed E-state index contributed by atoms with van der Waals surface area (Å²) in [5, 5.41) is 9.49. The SMILES string of the molecule is Cc1ccc(N=C2SC(=Cc3ccccc3OCC(=O)O)C(=O)N2c2ccc(C)cc2)cc1. The van der Waals surface area contributed by atoms with E-state index in [2.05, 4.69) is 0 Å². The highest BCUT2D eigenvalue weighted by molar-refractivity contribution is 8.19. The predicted octanol–water partition coefficient (Wildman–Crippen LogP) is 5.58. The van der Waals surface area contributed by atoms with Crippen LogP contribution in [0.3, 0.4) is 0 Å². The molecule has 4 rings (SSSR count). The number of hydrogen-bond donors (Lipinski definition) is 1. The minimum Gasteiger partial charge on any atom is -0.481 e. The van der Waals surface area contributed by atoms with E-state index in [0.29, 0.717) is 21.4 Å². The van der Waals surface area contributed by atoms with Crippen LogP contribution in [-0.2, 0) is 9.59 Å². The number of aliphatic carboxylic acids is 1. The number of rotatable bonds is 6. The highest BCUT2D eigenvalue weighted by atomic mass is 32.2. The van der Waals surface area contributed by atoms with Crippen LogP contribution in [0, 0.1) is 13.8 Å². The van der Waals surface area contributed by atoms with E-state index in [9.17, 15) is 9.59 Å². The fourth-order valence-corrected chi connectivity index (χ4v) is 4.20. The number of ether oxygens (including phenoxy) is 1. The first-order chi connectivity index (χ1) is 15.9. The van der Waals surface area contributed by atoms with Crippen molar-refractivity contribution in [1.82, 2.24) is 0 Å². The fraction of sp³-hybridized carbons (Fsp3) is 0.115. The van der Waals surface area contributed by atoms with Gasteiger partial charge in [-0.25, -0.2) is 9.79 Å².